The first-order valence-electron chi connectivity index (χ1n) is 11.2. The number of rotatable bonds is 8. The SMILES string of the molecule is C[C@H](N=[P+]([O-])Oc1c(O[C@](C)(O)[C@@]2(F)OCC[C@@]2(F)n2ccc(=O)[nH]c2=O)ccc2ccccc12)C(=O)O. The van der Waals surface area contributed by atoms with Gasteiger partial charge in [0.25, 0.3) is 17.1 Å². The van der Waals surface area contributed by atoms with Gasteiger partial charge >= 0.3 is 25.7 Å². The summed E-state index contributed by atoms with van der Waals surface area (Å²) in [7, 11) is -2.99. The maximum absolute atomic E-state index is 16.4. The number of hydrogen-bond donors (Lipinski definition) is 3. The molecule has 0 aliphatic carbocycles. The lowest BCUT2D eigenvalue weighted by atomic mass is 9.96. The van der Waals surface area contributed by atoms with Crippen LogP contribution < -0.4 is 25.4 Å². The lowest BCUT2D eigenvalue weighted by molar-refractivity contribution is -0.354. The lowest BCUT2D eigenvalue weighted by Crippen LogP contribution is -2.65. The molecule has 1 aliphatic heterocycles. The molecule has 0 saturated carbocycles. The average Bonchev–Trinajstić information content (AvgIpc) is 3.16. The van der Waals surface area contributed by atoms with Crippen LogP contribution in [0.4, 0.5) is 8.78 Å². The molecule has 1 aliphatic rings. The summed E-state index contributed by atoms with van der Waals surface area (Å²) < 4.78 is 52.2. The number of aliphatic carboxylic acids is 1. The molecule has 15 heteroatoms. The highest BCUT2D eigenvalue weighted by Crippen LogP contribution is 2.52. The van der Waals surface area contributed by atoms with Crippen LogP contribution in [0, 0.1) is 0 Å². The Hall–Kier alpha value is -3.71. The van der Waals surface area contributed by atoms with E-state index in [1.165, 1.54) is 25.1 Å². The van der Waals surface area contributed by atoms with Crippen LogP contribution >= 0.6 is 8.17 Å². The van der Waals surface area contributed by atoms with E-state index in [2.05, 4.69) is 4.74 Å². The number of alkyl halides is 2. The number of ether oxygens (including phenoxy) is 2. The summed E-state index contributed by atoms with van der Waals surface area (Å²) >= 11 is 0. The van der Waals surface area contributed by atoms with Crippen molar-refractivity contribution in [2.45, 2.75) is 43.7 Å². The van der Waals surface area contributed by atoms with Crippen molar-refractivity contribution in [2.75, 3.05) is 6.61 Å². The second-order valence-electron chi connectivity index (χ2n) is 8.59. The summed E-state index contributed by atoms with van der Waals surface area (Å²) in [6.45, 7) is 1.35. The Kier molecular flexibility index (Phi) is 7.10. The predicted octanol–water partition coefficient (Wildman–Crippen LogP) is 1.89. The van der Waals surface area contributed by atoms with Gasteiger partial charge in [0.2, 0.25) is 5.75 Å². The Labute approximate surface area is 213 Å². The van der Waals surface area contributed by atoms with Crippen LogP contribution in [0.3, 0.4) is 0 Å². The number of aromatic nitrogens is 2. The second kappa shape index (κ2) is 9.87. The molecule has 1 unspecified atom stereocenters. The smallest absolute Gasteiger partial charge is 0.395 e. The minimum atomic E-state index is -3.70. The first-order valence-corrected chi connectivity index (χ1v) is 12.3. The van der Waals surface area contributed by atoms with Gasteiger partial charge < -0.3 is 24.6 Å². The molecule has 0 amide bonds. The molecule has 0 spiro atoms. The van der Waals surface area contributed by atoms with Crippen molar-refractivity contribution < 1.29 is 42.7 Å². The van der Waals surface area contributed by atoms with Gasteiger partial charge in [0.15, 0.2) is 11.8 Å². The summed E-state index contributed by atoms with van der Waals surface area (Å²) in [6.07, 6.45) is -0.00552. The van der Waals surface area contributed by atoms with E-state index in [0.29, 0.717) is 5.39 Å². The fourth-order valence-corrected chi connectivity index (χ4v) is 4.80. The zero-order valence-corrected chi connectivity index (χ0v) is 20.9. The Morgan fingerprint density at radius 1 is 1.29 bits per heavy atom. The van der Waals surface area contributed by atoms with Crippen LogP contribution in [0.2, 0.25) is 0 Å². The molecule has 38 heavy (non-hydrogen) atoms. The molecule has 12 nitrogen and oxygen atoms in total. The monoisotopic (exact) mass is 553 g/mol. The van der Waals surface area contributed by atoms with Gasteiger partial charge in [-0.15, -0.1) is 0 Å². The Morgan fingerprint density at radius 2 is 2.00 bits per heavy atom. The first-order chi connectivity index (χ1) is 17.8. The second-order valence-corrected chi connectivity index (χ2v) is 9.48. The van der Waals surface area contributed by atoms with E-state index in [4.69, 9.17) is 19.1 Å². The minimum absolute atomic E-state index is 0.250. The highest BCUT2D eigenvalue weighted by molar-refractivity contribution is 7.34. The third-order valence-corrected chi connectivity index (χ3v) is 6.85. The van der Waals surface area contributed by atoms with E-state index in [0.717, 1.165) is 19.2 Å². The Balaban J connectivity index is 1.79. The highest BCUT2D eigenvalue weighted by Gasteiger charge is 2.72. The van der Waals surface area contributed by atoms with Crippen molar-refractivity contribution in [1.29, 1.82) is 0 Å². The zero-order chi connectivity index (χ0) is 27.9. The van der Waals surface area contributed by atoms with Crippen molar-refractivity contribution in [3.05, 3.63) is 69.5 Å². The van der Waals surface area contributed by atoms with Crippen molar-refractivity contribution in [2.24, 2.45) is 4.74 Å². The van der Waals surface area contributed by atoms with Crippen molar-refractivity contribution in [3.8, 4) is 11.5 Å². The maximum atomic E-state index is 16.4. The number of nitrogens with zero attached hydrogens (tertiary/aromatic N) is 2. The van der Waals surface area contributed by atoms with E-state index in [1.807, 2.05) is 4.98 Å². The van der Waals surface area contributed by atoms with Crippen molar-refractivity contribution >= 4 is 24.9 Å². The van der Waals surface area contributed by atoms with E-state index in [9.17, 15) is 24.4 Å². The Morgan fingerprint density at radius 3 is 2.68 bits per heavy atom. The molecule has 2 aromatic carbocycles. The number of benzene rings is 2. The molecular weight excluding hydrogens is 531 g/mol. The lowest BCUT2D eigenvalue weighted by Gasteiger charge is -2.41. The van der Waals surface area contributed by atoms with Crippen LogP contribution in [0.15, 0.2) is 63.0 Å². The summed E-state index contributed by atoms with van der Waals surface area (Å²) in [5.74, 6) is -12.3. The van der Waals surface area contributed by atoms with Gasteiger partial charge in [0.1, 0.15) is 0 Å². The molecule has 1 fully saturated rings. The van der Waals surface area contributed by atoms with Crippen molar-refractivity contribution in [3.63, 3.8) is 0 Å². The van der Waals surface area contributed by atoms with E-state index < -0.39 is 67.6 Å². The maximum Gasteiger partial charge on any atom is 0.395 e. The molecular formula is C23H22F2N3O9P. The van der Waals surface area contributed by atoms with Crippen LogP contribution in [-0.4, -0.2) is 50.0 Å². The van der Waals surface area contributed by atoms with E-state index in [1.54, 1.807) is 18.2 Å². The number of aromatic amines is 1. The molecule has 1 saturated heterocycles. The number of carboxylic acid groups (broad SMARTS) is 1. The fraction of sp³-hybridized carbons (Fsp3) is 0.348. The topological polar surface area (TPSA) is 175 Å². The fourth-order valence-electron chi connectivity index (χ4n) is 4.03. The van der Waals surface area contributed by atoms with Gasteiger partial charge in [0, 0.05) is 31.0 Å². The summed E-state index contributed by atoms with van der Waals surface area (Å²) in [5, 5.41) is 21.0. The standard InChI is InChI=1S/C23H22F2N3O9P/c1-13(19(30)31)27-38(34)37-18-15-6-4-3-5-14(15)7-8-16(18)36-21(2,33)23(25)22(24,10-12-35-23)28-11-9-17(29)26-20(28)32/h3-9,11,13,33H,10,12H2,1-2H3,(H,30,31)(H,26,29,32)/t13-,21-,22+,23+/m0/s1. The predicted molar refractivity (Wildman–Crippen MR) is 127 cm³/mol. The van der Waals surface area contributed by atoms with Gasteiger partial charge in [-0.2, -0.15) is 4.39 Å². The van der Waals surface area contributed by atoms with Gasteiger partial charge in [-0.25, -0.2) is 14.0 Å². The third-order valence-electron chi connectivity index (χ3n) is 5.98. The average molecular weight is 553 g/mol. The summed E-state index contributed by atoms with van der Waals surface area (Å²) in [4.78, 5) is 49.1. The molecule has 3 N–H and O–H groups in total. The van der Waals surface area contributed by atoms with Gasteiger partial charge in [-0.05, 0) is 18.4 Å². The molecule has 4 rings (SSSR count). The number of fused-ring (bicyclic) bond motifs is 1. The number of halogens is 2. The largest absolute Gasteiger partial charge is 0.575 e. The van der Waals surface area contributed by atoms with Crippen LogP contribution in [0.5, 0.6) is 11.5 Å². The molecule has 3 aromatic rings. The van der Waals surface area contributed by atoms with Crippen LogP contribution in [-0.2, 0) is 15.3 Å². The van der Waals surface area contributed by atoms with E-state index in [-0.39, 0.29) is 15.7 Å². The number of carboxylic acids is 1. The molecule has 0 bridgehead atoms. The van der Waals surface area contributed by atoms with Gasteiger partial charge in [0.05, 0.1) is 6.61 Å². The number of H-pyrrole nitrogens is 1. The van der Waals surface area contributed by atoms with Gasteiger partial charge in [-0.1, -0.05) is 35.1 Å². The molecule has 2 heterocycles. The number of aliphatic hydroxyl groups is 1. The van der Waals surface area contributed by atoms with Crippen molar-refractivity contribution in [1.82, 2.24) is 9.55 Å². The quantitative estimate of drug-likeness (QED) is 0.278. The molecule has 0 radical (unpaired) electrons. The van der Waals surface area contributed by atoms with E-state index >= 15 is 8.78 Å². The molecule has 5 atom stereocenters. The van der Waals surface area contributed by atoms with Crippen LogP contribution in [0.1, 0.15) is 20.3 Å². The molecule has 202 valence electrons. The van der Waals surface area contributed by atoms with Crippen LogP contribution in [0.25, 0.3) is 10.8 Å². The number of hydrogen-bond acceptors (Lipinski definition) is 9. The van der Waals surface area contributed by atoms with Gasteiger partial charge in [-0.3, -0.25) is 18.9 Å². The number of nitrogens with one attached hydrogen (secondary N) is 1. The summed E-state index contributed by atoms with van der Waals surface area (Å²) in [5.41, 5.74) is -2.14. The Bertz CT molecular complexity index is 1540. The highest BCUT2D eigenvalue weighted by atomic mass is 31.1. The zero-order valence-electron chi connectivity index (χ0n) is 20.0. The minimum Gasteiger partial charge on any atom is -0.575 e. The third kappa shape index (κ3) is 4.67. The summed E-state index contributed by atoms with van der Waals surface area (Å²) in [6, 6.07) is 8.57. The normalized spacial score (nSPS) is 24.1. The first kappa shape index (κ1) is 27.3. The molecule has 1 aromatic heterocycles. The number of carbonyl (C=O) groups is 1.